The van der Waals surface area contributed by atoms with Gasteiger partial charge in [0.1, 0.15) is 5.60 Å². The number of ether oxygens (including phenoxy) is 1. The molecule has 1 atom stereocenters. The van der Waals surface area contributed by atoms with Gasteiger partial charge in [0, 0.05) is 12.4 Å². The number of aryl methyl sites for hydroxylation is 1. The molecule has 1 aromatic heterocycles. The molecule has 1 amide bonds. The highest BCUT2D eigenvalue weighted by atomic mass is 16.6. The first-order valence-corrected chi connectivity index (χ1v) is 6.71. The van der Waals surface area contributed by atoms with E-state index >= 15 is 0 Å². The van der Waals surface area contributed by atoms with Crippen LogP contribution in [0.1, 0.15) is 39.7 Å². The van der Waals surface area contributed by atoms with Crippen molar-refractivity contribution in [2.75, 3.05) is 5.32 Å². The van der Waals surface area contributed by atoms with E-state index in [1.807, 2.05) is 0 Å². The molecule has 0 bridgehead atoms. The van der Waals surface area contributed by atoms with Crippen molar-refractivity contribution in [1.82, 2.24) is 9.97 Å². The maximum Gasteiger partial charge on any atom is 0.414 e. The maximum atomic E-state index is 11.5. The Morgan fingerprint density at radius 2 is 1.90 bits per heavy atom. The lowest BCUT2D eigenvalue weighted by Crippen LogP contribution is -2.27. The number of nitrogens with zero attached hydrogens (tertiary/aromatic N) is 2. The molecule has 0 saturated carbocycles. The highest BCUT2D eigenvalue weighted by molar-refractivity contribution is 5.82. The Bertz CT molecular complexity index is 494. The van der Waals surface area contributed by atoms with Gasteiger partial charge in [-0.1, -0.05) is 6.92 Å². The monoisotopic (exact) mass is 295 g/mol. The van der Waals surface area contributed by atoms with Crippen LogP contribution in [0.25, 0.3) is 0 Å². The van der Waals surface area contributed by atoms with Gasteiger partial charge in [-0.2, -0.15) is 0 Å². The number of anilines is 1. The van der Waals surface area contributed by atoms with Crippen LogP contribution >= 0.6 is 0 Å². The molecule has 0 aromatic carbocycles. The van der Waals surface area contributed by atoms with E-state index in [1.54, 1.807) is 40.1 Å². The summed E-state index contributed by atoms with van der Waals surface area (Å²) < 4.78 is 5.08. The van der Waals surface area contributed by atoms with Gasteiger partial charge < -0.3 is 9.84 Å². The maximum absolute atomic E-state index is 11.5. The molecule has 1 aromatic rings. The second-order valence-electron chi connectivity index (χ2n) is 5.82. The second kappa shape index (κ2) is 7.01. The van der Waals surface area contributed by atoms with Gasteiger partial charge in [0.2, 0.25) is 5.95 Å². The lowest BCUT2D eigenvalue weighted by Gasteiger charge is -2.19. The van der Waals surface area contributed by atoms with Crippen molar-refractivity contribution >= 4 is 18.0 Å². The summed E-state index contributed by atoms with van der Waals surface area (Å²) in [7, 11) is 0. The number of amides is 1. The third kappa shape index (κ3) is 6.69. The van der Waals surface area contributed by atoms with E-state index in [9.17, 15) is 9.59 Å². The standard InChI is InChI=1S/C14H21N3O4/c1-9(11(18)19)5-6-10-7-15-12(16-8-10)17-13(20)21-14(2,3)4/h7-9H,5-6H2,1-4H3,(H,18,19)(H,15,16,17,20). The first-order valence-electron chi connectivity index (χ1n) is 6.71. The van der Waals surface area contributed by atoms with E-state index in [0.717, 1.165) is 5.56 Å². The van der Waals surface area contributed by atoms with Crippen LogP contribution in [0.15, 0.2) is 12.4 Å². The molecule has 116 valence electrons. The van der Waals surface area contributed by atoms with Crippen LogP contribution < -0.4 is 5.32 Å². The van der Waals surface area contributed by atoms with Crippen molar-refractivity contribution in [3.05, 3.63) is 18.0 Å². The van der Waals surface area contributed by atoms with E-state index in [0.29, 0.717) is 12.8 Å². The average Bonchev–Trinajstić information content (AvgIpc) is 2.35. The molecule has 1 heterocycles. The lowest BCUT2D eigenvalue weighted by atomic mass is 10.0. The quantitative estimate of drug-likeness (QED) is 0.865. The van der Waals surface area contributed by atoms with Crippen LogP contribution in [0, 0.1) is 5.92 Å². The fraction of sp³-hybridized carbons (Fsp3) is 0.571. The molecule has 7 heteroatoms. The Balaban J connectivity index is 2.50. The number of hydrogen-bond donors (Lipinski definition) is 2. The van der Waals surface area contributed by atoms with E-state index in [4.69, 9.17) is 9.84 Å². The summed E-state index contributed by atoms with van der Waals surface area (Å²) in [4.78, 5) is 30.2. The number of aromatic nitrogens is 2. The zero-order valence-electron chi connectivity index (χ0n) is 12.7. The Kier molecular flexibility index (Phi) is 5.63. The van der Waals surface area contributed by atoms with Crippen LogP contribution in [0.3, 0.4) is 0 Å². The molecule has 1 unspecified atom stereocenters. The van der Waals surface area contributed by atoms with Gasteiger partial charge in [0.05, 0.1) is 5.92 Å². The molecule has 1 rings (SSSR count). The number of rotatable bonds is 5. The number of carbonyl (C=O) groups excluding carboxylic acids is 1. The van der Waals surface area contributed by atoms with E-state index in [1.165, 1.54) is 0 Å². The molecule has 0 aliphatic rings. The molecule has 0 aliphatic carbocycles. The van der Waals surface area contributed by atoms with Gasteiger partial charge in [-0.3, -0.25) is 10.1 Å². The summed E-state index contributed by atoms with van der Waals surface area (Å²) in [6.45, 7) is 6.95. The minimum atomic E-state index is -0.820. The summed E-state index contributed by atoms with van der Waals surface area (Å²) in [5.41, 5.74) is 0.231. The predicted octanol–water partition coefficient (Wildman–Crippen LogP) is 2.48. The zero-order valence-corrected chi connectivity index (χ0v) is 12.7. The number of nitrogens with one attached hydrogen (secondary N) is 1. The van der Waals surface area contributed by atoms with E-state index in [2.05, 4.69) is 15.3 Å². The van der Waals surface area contributed by atoms with Crippen molar-refractivity contribution in [2.45, 2.75) is 46.1 Å². The highest BCUT2D eigenvalue weighted by Crippen LogP contribution is 2.11. The van der Waals surface area contributed by atoms with Gasteiger partial charge >= 0.3 is 12.1 Å². The first kappa shape index (κ1) is 16.9. The van der Waals surface area contributed by atoms with Crippen molar-refractivity contribution in [3.63, 3.8) is 0 Å². The van der Waals surface area contributed by atoms with Crippen molar-refractivity contribution in [1.29, 1.82) is 0 Å². The van der Waals surface area contributed by atoms with Crippen LogP contribution in [0.5, 0.6) is 0 Å². The summed E-state index contributed by atoms with van der Waals surface area (Å²) in [5, 5.41) is 11.2. The lowest BCUT2D eigenvalue weighted by molar-refractivity contribution is -0.141. The number of carboxylic acids is 1. The topological polar surface area (TPSA) is 101 Å². The van der Waals surface area contributed by atoms with E-state index in [-0.39, 0.29) is 5.95 Å². The van der Waals surface area contributed by atoms with Crippen molar-refractivity contribution in [3.8, 4) is 0 Å². The average molecular weight is 295 g/mol. The molecular formula is C14H21N3O4. The fourth-order valence-electron chi connectivity index (χ4n) is 1.45. The van der Waals surface area contributed by atoms with Crippen LogP contribution in [0.4, 0.5) is 10.7 Å². The van der Waals surface area contributed by atoms with Crippen molar-refractivity contribution < 1.29 is 19.4 Å². The van der Waals surface area contributed by atoms with Crippen LogP contribution in [-0.2, 0) is 16.0 Å². The SMILES string of the molecule is CC(CCc1cnc(NC(=O)OC(C)(C)C)nc1)C(=O)O. The zero-order chi connectivity index (χ0) is 16.0. The Morgan fingerprint density at radius 3 is 2.38 bits per heavy atom. The molecule has 0 saturated heterocycles. The Morgan fingerprint density at radius 1 is 1.33 bits per heavy atom. The van der Waals surface area contributed by atoms with Gasteiger partial charge in [0.25, 0.3) is 0 Å². The molecule has 0 spiro atoms. The van der Waals surface area contributed by atoms with Crippen LogP contribution in [0.2, 0.25) is 0 Å². The molecule has 0 fully saturated rings. The minimum Gasteiger partial charge on any atom is -0.481 e. The van der Waals surface area contributed by atoms with Crippen molar-refractivity contribution in [2.24, 2.45) is 5.92 Å². The van der Waals surface area contributed by atoms with Gasteiger partial charge in [-0.25, -0.2) is 14.8 Å². The second-order valence-corrected chi connectivity index (χ2v) is 5.82. The van der Waals surface area contributed by atoms with Gasteiger partial charge in [0.15, 0.2) is 0 Å². The number of aliphatic carboxylic acids is 1. The molecule has 7 nitrogen and oxygen atoms in total. The largest absolute Gasteiger partial charge is 0.481 e. The molecule has 2 N–H and O–H groups in total. The molecule has 0 aliphatic heterocycles. The number of carbonyl (C=O) groups is 2. The third-order valence-electron chi connectivity index (χ3n) is 2.61. The summed E-state index contributed by atoms with van der Waals surface area (Å²) in [5.74, 6) is -1.08. The highest BCUT2D eigenvalue weighted by Gasteiger charge is 2.17. The van der Waals surface area contributed by atoms with Gasteiger partial charge in [-0.15, -0.1) is 0 Å². The molecule has 21 heavy (non-hydrogen) atoms. The molecular weight excluding hydrogens is 274 g/mol. The Hall–Kier alpha value is -2.18. The Labute approximate surface area is 123 Å². The fourth-order valence-corrected chi connectivity index (χ4v) is 1.45. The molecule has 0 radical (unpaired) electrons. The summed E-state index contributed by atoms with van der Waals surface area (Å²) in [6.07, 6.45) is 3.59. The summed E-state index contributed by atoms with van der Waals surface area (Å²) >= 11 is 0. The van der Waals surface area contributed by atoms with Gasteiger partial charge in [-0.05, 0) is 39.2 Å². The van der Waals surface area contributed by atoms with Crippen LogP contribution in [-0.4, -0.2) is 32.7 Å². The number of hydrogen-bond acceptors (Lipinski definition) is 5. The number of carboxylic acid groups (broad SMARTS) is 1. The summed E-state index contributed by atoms with van der Waals surface area (Å²) in [6, 6.07) is 0. The smallest absolute Gasteiger partial charge is 0.414 e. The predicted molar refractivity (Wildman–Crippen MR) is 77.0 cm³/mol. The first-order chi connectivity index (χ1) is 9.67. The normalized spacial score (nSPS) is 12.6. The van der Waals surface area contributed by atoms with E-state index < -0.39 is 23.6 Å². The third-order valence-corrected chi connectivity index (χ3v) is 2.61. The minimum absolute atomic E-state index is 0.152.